The number of rotatable bonds is 5. The van der Waals surface area contributed by atoms with Crippen LogP contribution in [0.25, 0.3) is 10.6 Å². The third-order valence-electron chi connectivity index (χ3n) is 3.00. The number of amides is 2. The van der Waals surface area contributed by atoms with Crippen molar-refractivity contribution in [2.45, 2.75) is 20.4 Å². The number of nitrogens with zero attached hydrogens (tertiary/aromatic N) is 2. The van der Waals surface area contributed by atoms with Crippen molar-refractivity contribution in [1.82, 2.24) is 15.3 Å². The number of nitrogens with one attached hydrogen (secondary N) is 2. The highest BCUT2D eigenvalue weighted by Crippen LogP contribution is 2.31. The Kier molecular flexibility index (Phi) is 5.03. The van der Waals surface area contributed by atoms with Crippen molar-refractivity contribution in [3.8, 4) is 10.6 Å². The summed E-state index contributed by atoms with van der Waals surface area (Å²) in [6.07, 6.45) is 0. The molecule has 2 N–H and O–H groups in total. The normalized spacial score (nSPS) is 10.6. The van der Waals surface area contributed by atoms with Gasteiger partial charge in [-0.1, -0.05) is 0 Å². The van der Waals surface area contributed by atoms with Crippen molar-refractivity contribution in [3.63, 3.8) is 0 Å². The van der Waals surface area contributed by atoms with E-state index in [1.165, 1.54) is 29.6 Å². The number of carbonyl (C=O) groups is 2. The molecule has 0 aromatic carbocycles. The van der Waals surface area contributed by atoms with Gasteiger partial charge in [-0.05, 0) is 19.1 Å². The molecule has 0 spiro atoms. The summed E-state index contributed by atoms with van der Waals surface area (Å²) in [4.78, 5) is 33.7. The predicted octanol–water partition coefficient (Wildman–Crippen LogP) is 3.52. The van der Waals surface area contributed by atoms with Crippen LogP contribution in [0, 0.1) is 6.92 Å². The predicted molar refractivity (Wildman–Crippen MR) is 97.8 cm³/mol. The molecule has 3 rings (SSSR count). The molecule has 0 saturated heterocycles. The van der Waals surface area contributed by atoms with Crippen LogP contribution in [-0.2, 0) is 11.3 Å². The number of carbonyl (C=O) groups excluding carboxylic acids is 2. The van der Waals surface area contributed by atoms with Gasteiger partial charge in [0, 0.05) is 22.6 Å². The molecule has 2 amide bonds. The maximum Gasteiger partial charge on any atom is 0.276 e. The lowest BCUT2D eigenvalue weighted by Gasteiger charge is -1.97. The summed E-state index contributed by atoms with van der Waals surface area (Å²) in [5, 5.41) is 10.6. The molecule has 3 aromatic heterocycles. The summed E-state index contributed by atoms with van der Waals surface area (Å²) >= 11 is 4.37. The van der Waals surface area contributed by atoms with Crippen molar-refractivity contribution in [3.05, 3.63) is 38.5 Å². The summed E-state index contributed by atoms with van der Waals surface area (Å²) in [6, 6.07) is 3.93. The molecule has 0 aliphatic carbocycles. The molecule has 0 aliphatic rings. The number of aromatic nitrogens is 2. The quantitative estimate of drug-likeness (QED) is 0.711. The van der Waals surface area contributed by atoms with Crippen molar-refractivity contribution >= 4 is 51.0 Å². The van der Waals surface area contributed by atoms with E-state index < -0.39 is 0 Å². The highest BCUT2D eigenvalue weighted by Gasteiger charge is 2.13. The van der Waals surface area contributed by atoms with E-state index in [0.29, 0.717) is 17.4 Å². The molecule has 9 heteroatoms. The summed E-state index contributed by atoms with van der Waals surface area (Å²) < 4.78 is 0. The van der Waals surface area contributed by atoms with Gasteiger partial charge in [0.1, 0.15) is 5.69 Å². The summed E-state index contributed by atoms with van der Waals surface area (Å²) in [7, 11) is 0. The number of thiophene rings is 1. The maximum absolute atomic E-state index is 12.1. The molecule has 0 bridgehead atoms. The second-order valence-corrected chi connectivity index (χ2v) is 8.01. The van der Waals surface area contributed by atoms with E-state index in [4.69, 9.17) is 0 Å². The number of aryl methyl sites for hydroxylation is 1. The van der Waals surface area contributed by atoms with E-state index >= 15 is 0 Å². The largest absolute Gasteiger partial charge is 0.351 e. The Labute approximate surface area is 150 Å². The molecular formula is C15H14N4O2S3. The standard InChI is InChI=1S/C15H14N4O2S3/c1-8(20)16-5-10-3-4-13(24-10)11-6-23-15(18-11)19-14(21)12-7-22-9(2)17-12/h3-4,6-7H,5H2,1-2H3,(H,16,20)(H,18,19,21). The first-order valence-corrected chi connectivity index (χ1v) is 9.61. The van der Waals surface area contributed by atoms with Gasteiger partial charge in [-0.15, -0.1) is 34.0 Å². The van der Waals surface area contributed by atoms with Crippen molar-refractivity contribution in [1.29, 1.82) is 0 Å². The van der Waals surface area contributed by atoms with Gasteiger partial charge in [-0.25, -0.2) is 9.97 Å². The Morgan fingerprint density at radius 3 is 2.71 bits per heavy atom. The summed E-state index contributed by atoms with van der Waals surface area (Å²) in [6.45, 7) is 3.86. The average molecular weight is 379 g/mol. The van der Waals surface area contributed by atoms with Crippen LogP contribution in [0.2, 0.25) is 0 Å². The Hall–Kier alpha value is -2.10. The second-order valence-electron chi connectivity index (χ2n) is 4.92. The van der Waals surface area contributed by atoms with E-state index in [1.807, 2.05) is 24.4 Å². The minimum absolute atomic E-state index is 0.0547. The summed E-state index contributed by atoms with van der Waals surface area (Å²) in [5.74, 6) is -0.307. The topological polar surface area (TPSA) is 84.0 Å². The molecule has 0 saturated carbocycles. The van der Waals surface area contributed by atoms with E-state index in [-0.39, 0.29) is 11.8 Å². The van der Waals surface area contributed by atoms with Gasteiger partial charge in [0.25, 0.3) is 5.91 Å². The number of anilines is 1. The molecule has 6 nitrogen and oxygen atoms in total. The molecule has 0 atom stereocenters. The number of thiazole rings is 2. The fraction of sp³-hybridized carbons (Fsp3) is 0.200. The van der Waals surface area contributed by atoms with Crippen molar-refractivity contribution in [2.24, 2.45) is 0 Å². The maximum atomic E-state index is 12.1. The monoisotopic (exact) mass is 378 g/mol. The van der Waals surface area contributed by atoms with Crippen molar-refractivity contribution in [2.75, 3.05) is 5.32 Å². The molecular weight excluding hydrogens is 364 g/mol. The first-order valence-electron chi connectivity index (χ1n) is 7.04. The minimum atomic E-state index is -0.252. The van der Waals surface area contributed by atoms with Crippen LogP contribution in [0.1, 0.15) is 27.3 Å². The van der Waals surface area contributed by atoms with Gasteiger partial charge in [0.15, 0.2) is 5.13 Å². The Bertz CT molecular complexity index is 881. The molecule has 3 heterocycles. The Morgan fingerprint density at radius 2 is 2.00 bits per heavy atom. The van der Waals surface area contributed by atoms with E-state index in [2.05, 4.69) is 20.6 Å². The van der Waals surface area contributed by atoms with Crippen LogP contribution >= 0.6 is 34.0 Å². The van der Waals surface area contributed by atoms with E-state index in [9.17, 15) is 9.59 Å². The third kappa shape index (κ3) is 4.05. The van der Waals surface area contributed by atoms with Gasteiger partial charge in [-0.3, -0.25) is 14.9 Å². The van der Waals surface area contributed by atoms with Gasteiger partial charge >= 0.3 is 0 Å². The van der Waals surface area contributed by atoms with Gasteiger partial charge < -0.3 is 5.32 Å². The van der Waals surface area contributed by atoms with Crippen LogP contribution in [-0.4, -0.2) is 21.8 Å². The van der Waals surface area contributed by atoms with Crippen LogP contribution in [0.3, 0.4) is 0 Å². The zero-order valence-electron chi connectivity index (χ0n) is 13.0. The van der Waals surface area contributed by atoms with Crippen LogP contribution < -0.4 is 10.6 Å². The Morgan fingerprint density at radius 1 is 1.17 bits per heavy atom. The fourth-order valence-corrected chi connectivity index (χ4v) is 4.18. The van der Waals surface area contributed by atoms with Crippen LogP contribution in [0.5, 0.6) is 0 Å². The minimum Gasteiger partial charge on any atom is -0.351 e. The lowest BCUT2D eigenvalue weighted by molar-refractivity contribution is -0.119. The molecule has 3 aromatic rings. The molecule has 0 unspecified atom stereocenters. The number of hydrogen-bond acceptors (Lipinski definition) is 7. The molecule has 0 aliphatic heterocycles. The zero-order chi connectivity index (χ0) is 17.1. The zero-order valence-corrected chi connectivity index (χ0v) is 15.4. The summed E-state index contributed by atoms with van der Waals surface area (Å²) in [5.41, 5.74) is 1.21. The first-order chi connectivity index (χ1) is 11.5. The van der Waals surface area contributed by atoms with Gasteiger partial charge in [0.2, 0.25) is 5.91 Å². The van der Waals surface area contributed by atoms with E-state index in [1.54, 1.807) is 16.7 Å². The SMILES string of the molecule is CC(=O)NCc1ccc(-c2csc(NC(=O)c3csc(C)n3)n2)s1. The highest BCUT2D eigenvalue weighted by atomic mass is 32.1. The second kappa shape index (κ2) is 7.20. The lowest BCUT2D eigenvalue weighted by Crippen LogP contribution is -2.17. The van der Waals surface area contributed by atoms with Crippen LogP contribution in [0.15, 0.2) is 22.9 Å². The first kappa shape index (κ1) is 16.7. The fourth-order valence-electron chi connectivity index (χ4n) is 1.90. The average Bonchev–Trinajstić information content (AvgIpc) is 3.24. The molecule has 0 radical (unpaired) electrons. The Balaban J connectivity index is 1.67. The molecule has 24 heavy (non-hydrogen) atoms. The third-order valence-corrected chi connectivity index (χ3v) is 5.64. The van der Waals surface area contributed by atoms with Gasteiger partial charge in [0.05, 0.1) is 22.1 Å². The molecule has 0 fully saturated rings. The highest BCUT2D eigenvalue weighted by molar-refractivity contribution is 7.17. The van der Waals surface area contributed by atoms with Crippen LogP contribution in [0.4, 0.5) is 5.13 Å². The number of hydrogen-bond donors (Lipinski definition) is 2. The lowest BCUT2D eigenvalue weighted by atomic mass is 10.3. The molecule has 124 valence electrons. The van der Waals surface area contributed by atoms with Gasteiger partial charge in [-0.2, -0.15) is 0 Å². The smallest absolute Gasteiger partial charge is 0.276 e. The van der Waals surface area contributed by atoms with Crippen molar-refractivity contribution < 1.29 is 9.59 Å². The van der Waals surface area contributed by atoms with E-state index in [0.717, 1.165) is 20.5 Å².